The van der Waals surface area contributed by atoms with Crippen molar-refractivity contribution in [1.29, 1.82) is 0 Å². The smallest absolute Gasteiger partial charge is 0.303 e. The fraction of sp³-hybridized carbons (Fsp3) is 0.316. The van der Waals surface area contributed by atoms with E-state index in [0.29, 0.717) is 13.0 Å². The van der Waals surface area contributed by atoms with Crippen molar-refractivity contribution in [3.8, 4) is 11.5 Å². The van der Waals surface area contributed by atoms with E-state index in [1.54, 1.807) is 0 Å². The van der Waals surface area contributed by atoms with Crippen LogP contribution >= 0.6 is 0 Å². The van der Waals surface area contributed by atoms with E-state index >= 15 is 0 Å². The van der Waals surface area contributed by atoms with Crippen molar-refractivity contribution in [2.24, 2.45) is 5.73 Å². The average molecular weight is 341 g/mol. The van der Waals surface area contributed by atoms with Gasteiger partial charge in [0, 0.05) is 6.42 Å². The van der Waals surface area contributed by atoms with Gasteiger partial charge in [0.05, 0.1) is 0 Å². The summed E-state index contributed by atoms with van der Waals surface area (Å²) in [6.45, 7) is 5.22. The van der Waals surface area contributed by atoms with Gasteiger partial charge in [-0.05, 0) is 40.9 Å². The number of hydrogen-bond donors (Lipinski definition) is 2. The first-order valence-electron chi connectivity index (χ1n) is 8.29. The molecule has 1 aliphatic rings. The third-order valence-electron chi connectivity index (χ3n) is 4.77. The lowest BCUT2D eigenvalue weighted by Crippen LogP contribution is -2.56. The third-order valence-corrected chi connectivity index (χ3v) is 8.25. The highest BCUT2D eigenvalue weighted by Gasteiger charge is 2.38. The quantitative estimate of drug-likeness (QED) is 0.817. The molecule has 0 fully saturated rings. The molecule has 0 atom stereocenters. The molecule has 3 N–H and O–H groups in total. The molecule has 0 unspecified atom stereocenters. The van der Waals surface area contributed by atoms with Crippen LogP contribution < -0.4 is 20.8 Å². The largest absolute Gasteiger partial charge is 0.481 e. The van der Waals surface area contributed by atoms with Gasteiger partial charge in [-0.3, -0.25) is 4.79 Å². The molecular weight excluding hydrogens is 318 g/mol. The Labute approximate surface area is 143 Å². The van der Waals surface area contributed by atoms with Gasteiger partial charge in [0.15, 0.2) is 0 Å². The van der Waals surface area contributed by atoms with E-state index < -0.39 is 14.0 Å². The van der Waals surface area contributed by atoms with Crippen molar-refractivity contribution in [2.45, 2.75) is 32.4 Å². The molecule has 5 heteroatoms. The van der Waals surface area contributed by atoms with Crippen molar-refractivity contribution in [3.05, 3.63) is 47.5 Å². The second-order valence-corrected chi connectivity index (χ2v) is 11.1. The summed E-state index contributed by atoms with van der Waals surface area (Å²) in [6, 6.07) is 12.4. The summed E-state index contributed by atoms with van der Waals surface area (Å²) in [7, 11) is -1.89. The molecule has 3 rings (SSSR count). The highest BCUT2D eigenvalue weighted by Crippen LogP contribution is 2.34. The number of aryl methyl sites for hydroxylation is 1. The molecule has 126 valence electrons. The number of fused-ring (bicyclic) bond motifs is 2. The average Bonchev–Trinajstić information content (AvgIpc) is 2.54. The number of hydrogen-bond acceptors (Lipinski definition) is 3. The minimum Gasteiger partial charge on any atom is -0.481 e. The van der Waals surface area contributed by atoms with E-state index in [1.807, 2.05) is 12.1 Å². The van der Waals surface area contributed by atoms with Gasteiger partial charge in [0.2, 0.25) is 0 Å². The number of ether oxygens (including phenoxy) is 1. The first kappa shape index (κ1) is 16.7. The number of aliphatic carboxylic acids is 1. The molecule has 24 heavy (non-hydrogen) atoms. The second-order valence-electron chi connectivity index (χ2n) is 6.75. The van der Waals surface area contributed by atoms with E-state index in [1.165, 1.54) is 10.4 Å². The number of benzene rings is 2. The monoisotopic (exact) mass is 341 g/mol. The van der Waals surface area contributed by atoms with Crippen molar-refractivity contribution in [2.75, 3.05) is 6.54 Å². The van der Waals surface area contributed by atoms with E-state index in [9.17, 15) is 4.79 Å². The highest BCUT2D eigenvalue weighted by atomic mass is 28.3. The van der Waals surface area contributed by atoms with Crippen LogP contribution in [0, 0.1) is 0 Å². The van der Waals surface area contributed by atoms with Crippen LogP contribution in [0.15, 0.2) is 36.4 Å². The predicted molar refractivity (Wildman–Crippen MR) is 98.4 cm³/mol. The van der Waals surface area contributed by atoms with Crippen LogP contribution in [-0.4, -0.2) is 25.7 Å². The Morgan fingerprint density at radius 2 is 1.58 bits per heavy atom. The molecule has 1 aliphatic heterocycles. The molecule has 0 saturated carbocycles. The summed E-state index contributed by atoms with van der Waals surface area (Å²) < 4.78 is 6.35. The Kier molecular flexibility index (Phi) is 4.47. The maximum absolute atomic E-state index is 11.0. The molecule has 2 aromatic rings. The minimum absolute atomic E-state index is 0.110. The number of carboxylic acids is 1. The van der Waals surface area contributed by atoms with Gasteiger partial charge < -0.3 is 15.6 Å². The predicted octanol–water partition coefficient (Wildman–Crippen LogP) is 2.13. The SMILES string of the molecule is C[Si]1(C)c2cccc(CCN)c2Oc2c(CCC(=O)O)cccc21. The molecule has 0 radical (unpaired) electrons. The van der Waals surface area contributed by atoms with Crippen LogP contribution in [0.25, 0.3) is 0 Å². The number of rotatable bonds is 5. The fourth-order valence-electron chi connectivity index (χ4n) is 3.43. The molecule has 0 aromatic heterocycles. The number of para-hydroxylation sites is 2. The summed E-state index contributed by atoms with van der Waals surface area (Å²) in [6.07, 6.45) is 1.37. The Hall–Kier alpha value is -2.11. The summed E-state index contributed by atoms with van der Waals surface area (Å²) >= 11 is 0. The summed E-state index contributed by atoms with van der Waals surface area (Å²) in [5.74, 6) is 1.02. The summed E-state index contributed by atoms with van der Waals surface area (Å²) in [5.41, 5.74) is 7.87. The molecule has 0 spiro atoms. The lowest BCUT2D eigenvalue weighted by Gasteiger charge is -2.35. The van der Waals surface area contributed by atoms with Crippen molar-refractivity contribution in [3.63, 3.8) is 0 Å². The van der Waals surface area contributed by atoms with Crippen LogP contribution in [0.5, 0.6) is 11.5 Å². The van der Waals surface area contributed by atoms with Crippen molar-refractivity contribution < 1.29 is 14.6 Å². The highest BCUT2D eigenvalue weighted by molar-refractivity contribution is 7.01. The van der Waals surface area contributed by atoms with Crippen LogP contribution in [0.4, 0.5) is 0 Å². The second kappa shape index (κ2) is 6.41. The van der Waals surface area contributed by atoms with Gasteiger partial charge in [-0.1, -0.05) is 49.5 Å². The molecule has 0 bridgehead atoms. The summed E-state index contributed by atoms with van der Waals surface area (Å²) in [4.78, 5) is 11.0. The Morgan fingerprint density at radius 1 is 1.04 bits per heavy atom. The molecule has 2 aromatic carbocycles. The standard InChI is InChI=1S/C19H23NO3Si/c1-24(2)15-7-3-5-13(9-10-17(21)22)18(15)23-19-14(11-12-20)6-4-8-16(19)24/h3-8H,9-12,20H2,1-2H3,(H,21,22). The van der Waals surface area contributed by atoms with Gasteiger partial charge in [-0.2, -0.15) is 0 Å². The van der Waals surface area contributed by atoms with E-state index in [2.05, 4.69) is 37.4 Å². The van der Waals surface area contributed by atoms with Gasteiger partial charge in [0.1, 0.15) is 19.6 Å². The number of carbonyl (C=O) groups is 1. The van der Waals surface area contributed by atoms with E-state index in [0.717, 1.165) is 29.0 Å². The van der Waals surface area contributed by atoms with Gasteiger partial charge >= 0.3 is 5.97 Å². The van der Waals surface area contributed by atoms with Gasteiger partial charge in [-0.25, -0.2) is 0 Å². The minimum atomic E-state index is -1.89. The molecule has 1 heterocycles. The Bertz CT molecular complexity index is 786. The van der Waals surface area contributed by atoms with Crippen LogP contribution in [-0.2, 0) is 17.6 Å². The zero-order chi connectivity index (χ0) is 17.3. The first-order valence-corrected chi connectivity index (χ1v) is 11.3. The van der Waals surface area contributed by atoms with Gasteiger partial charge in [-0.15, -0.1) is 0 Å². The molecular formula is C19H23NO3Si. The number of carboxylic acid groups (broad SMARTS) is 1. The van der Waals surface area contributed by atoms with Crippen LogP contribution in [0.2, 0.25) is 13.1 Å². The molecule has 0 amide bonds. The fourth-order valence-corrected chi connectivity index (χ4v) is 6.31. The molecule has 4 nitrogen and oxygen atoms in total. The van der Waals surface area contributed by atoms with E-state index in [4.69, 9.17) is 15.6 Å². The van der Waals surface area contributed by atoms with Gasteiger partial charge in [0.25, 0.3) is 0 Å². The zero-order valence-electron chi connectivity index (χ0n) is 14.1. The van der Waals surface area contributed by atoms with Crippen molar-refractivity contribution >= 4 is 24.4 Å². The maximum atomic E-state index is 11.0. The first-order chi connectivity index (χ1) is 11.4. The van der Waals surface area contributed by atoms with Crippen molar-refractivity contribution in [1.82, 2.24) is 0 Å². The summed E-state index contributed by atoms with van der Waals surface area (Å²) in [5, 5.41) is 11.5. The molecule has 0 aliphatic carbocycles. The Balaban J connectivity index is 2.11. The zero-order valence-corrected chi connectivity index (χ0v) is 15.1. The van der Waals surface area contributed by atoms with E-state index in [-0.39, 0.29) is 6.42 Å². The van der Waals surface area contributed by atoms with Crippen LogP contribution in [0.1, 0.15) is 17.5 Å². The van der Waals surface area contributed by atoms with Crippen LogP contribution in [0.3, 0.4) is 0 Å². The number of nitrogens with two attached hydrogens (primary N) is 1. The lowest BCUT2D eigenvalue weighted by atomic mass is 10.1. The topological polar surface area (TPSA) is 72.5 Å². The maximum Gasteiger partial charge on any atom is 0.303 e. The Morgan fingerprint density at radius 3 is 2.08 bits per heavy atom. The lowest BCUT2D eigenvalue weighted by molar-refractivity contribution is -0.136. The third kappa shape index (κ3) is 2.85. The normalized spacial score (nSPS) is 14.5. The molecule has 0 saturated heterocycles.